The van der Waals surface area contributed by atoms with Gasteiger partial charge in [0.25, 0.3) is 0 Å². The van der Waals surface area contributed by atoms with Gasteiger partial charge in [0.15, 0.2) is 0 Å². The zero-order valence-corrected chi connectivity index (χ0v) is 39.7. The summed E-state index contributed by atoms with van der Waals surface area (Å²) in [5.41, 5.74) is 15.7. The van der Waals surface area contributed by atoms with Crippen LogP contribution in [-0.2, 0) is 55.9 Å². The fraction of sp³-hybridized carbons (Fsp3) is 0.186. The molecule has 0 saturated heterocycles. The van der Waals surface area contributed by atoms with Crippen LogP contribution in [0.5, 0.6) is 11.5 Å². The fourth-order valence-electron chi connectivity index (χ4n) is 9.82. The van der Waals surface area contributed by atoms with Crippen LogP contribution in [0, 0.1) is 15.9 Å². The Morgan fingerprint density at radius 2 is 1.37 bits per heavy atom. The fourth-order valence-corrected chi connectivity index (χ4v) is 10.8. The van der Waals surface area contributed by atoms with Crippen molar-refractivity contribution in [2.24, 2.45) is 0 Å². The second kappa shape index (κ2) is 16.2. The Kier molecular flexibility index (Phi) is 10.2. The number of nitrogens with zero attached hydrogens (tertiary/aromatic N) is 4. The van der Waals surface area contributed by atoms with E-state index >= 15 is 0 Å². The van der Waals surface area contributed by atoms with E-state index < -0.39 is 0 Å². The molecule has 6 heteroatoms. The summed E-state index contributed by atoms with van der Waals surface area (Å²) in [5, 5.41) is 2.21. The molecule has 10 aromatic rings. The maximum atomic E-state index is 6.72. The molecule has 0 atom stereocenters. The molecule has 2 aliphatic heterocycles. The summed E-state index contributed by atoms with van der Waals surface area (Å²) in [5.74, 6) is 2.07. The number of aryl methyl sites for hydroxylation is 4. The molecular weight excluding hydrogens is 976 g/mol. The zero-order valence-electron chi connectivity index (χ0n) is 37.4. The number of rotatable bonds is 7. The van der Waals surface area contributed by atoms with Crippen molar-refractivity contribution < 1.29 is 24.1 Å². The van der Waals surface area contributed by atoms with Gasteiger partial charge < -0.3 is 0 Å². The maximum absolute atomic E-state index is 6.72. The van der Waals surface area contributed by atoms with Crippen LogP contribution in [0.25, 0.3) is 50.0 Å². The summed E-state index contributed by atoms with van der Waals surface area (Å²) in [6.07, 6.45) is 8.12. The molecule has 5 nitrogen and oxygen atoms in total. The van der Waals surface area contributed by atoms with E-state index in [1.54, 1.807) is 0 Å². The van der Waals surface area contributed by atoms with Gasteiger partial charge in [0.2, 0.25) is 0 Å². The van der Waals surface area contributed by atoms with Crippen molar-refractivity contribution in [3.05, 3.63) is 219 Å². The molecule has 2 aliphatic carbocycles. The van der Waals surface area contributed by atoms with E-state index in [1.807, 2.05) is 18.3 Å². The number of aromatic nitrogens is 4. The first kappa shape index (κ1) is 41.2. The third kappa shape index (κ3) is 7.50. The second-order valence-corrected chi connectivity index (χ2v) is 20.0. The van der Waals surface area contributed by atoms with Gasteiger partial charge >= 0.3 is 274 Å². The van der Waals surface area contributed by atoms with Gasteiger partial charge in [0, 0.05) is 11.6 Å². The summed E-state index contributed by atoms with van der Waals surface area (Å²) in [6.45, 7) is 11.6. The number of hydrogen-bond acceptors (Lipinski definition) is 2. The first-order valence-electron chi connectivity index (χ1n) is 22.6. The van der Waals surface area contributed by atoms with E-state index in [9.17, 15) is 0 Å². The Morgan fingerprint density at radius 1 is 0.600 bits per heavy atom. The van der Waals surface area contributed by atoms with Crippen LogP contribution in [0.2, 0.25) is 0 Å². The van der Waals surface area contributed by atoms with Gasteiger partial charge in [-0.3, -0.25) is 0 Å². The van der Waals surface area contributed by atoms with E-state index in [4.69, 9.17) is 9.72 Å². The quantitative estimate of drug-likeness (QED) is 0.149. The SMILES string of the molecule is CC(C)(C)c1cc2ccc1CCc1ccc(n3[c](=[Pt])n(-c4[c-]c(Oc5[c-]c6c(cc5)c5cc(-c7ccccc7)ccc5n6-c5cc(C(C)(C)c6ccccc6)ccn5)ccc4)cc13)CC2. The van der Waals surface area contributed by atoms with Gasteiger partial charge in [-0.05, 0) is 28.3 Å². The van der Waals surface area contributed by atoms with Crippen molar-refractivity contribution >= 4 is 27.3 Å². The van der Waals surface area contributed by atoms with Crippen molar-refractivity contribution in [2.45, 2.75) is 71.1 Å². The Morgan fingerprint density at radius 3 is 2.18 bits per heavy atom. The summed E-state index contributed by atoms with van der Waals surface area (Å²) < 4.78 is 14.8. The minimum atomic E-state index is -0.238. The molecule has 0 spiro atoms. The summed E-state index contributed by atoms with van der Waals surface area (Å²) >= 11 is 2.49. The number of fused-ring (bicyclic) bond motifs is 3. The van der Waals surface area contributed by atoms with E-state index in [0.717, 1.165) is 68.4 Å². The van der Waals surface area contributed by atoms with Crippen LogP contribution < -0.4 is 4.74 Å². The topological polar surface area (TPSA) is 36.4 Å². The molecule has 6 aromatic carbocycles. The molecule has 324 valence electrons. The molecule has 65 heavy (non-hydrogen) atoms. The van der Waals surface area contributed by atoms with Gasteiger partial charge in [-0.15, -0.1) is 0 Å². The standard InChI is InChI=1S/C59H50N4O.Pt/c1-58(2,3)53-33-40-19-21-42(53)22-23-43-24-27-47(26-20-40)62-39-61(38-56(43)62)48-17-12-18-49(36-48)64-50-28-29-51-52-34-44(41-13-8-6-9-14-41)25-30-54(52)63(55(51)37-50)57-35-46(31-32-60-57)59(4,5)45-15-10-7-11-16-45;/h6-19,21,24-25,27-35,38H,20,22-23,26H2,1-5H3;/q-2;. The van der Waals surface area contributed by atoms with Crippen molar-refractivity contribution in [3.63, 3.8) is 0 Å². The van der Waals surface area contributed by atoms with Gasteiger partial charge in [-0.2, -0.15) is 0 Å². The molecule has 0 saturated carbocycles. The van der Waals surface area contributed by atoms with E-state index in [1.165, 1.54) is 50.2 Å². The summed E-state index contributed by atoms with van der Waals surface area (Å²) in [4.78, 5) is 5.01. The summed E-state index contributed by atoms with van der Waals surface area (Å²) in [7, 11) is 0. The predicted octanol–water partition coefficient (Wildman–Crippen LogP) is 13.9. The average Bonchev–Trinajstić information content (AvgIpc) is 3.84. The number of hydrogen-bond donors (Lipinski definition) is 0. The van der Waals surface area contributed by atoms with Crippen molar-refractivity contribution in [3.8, 4) is 34.1 Å². The third-order valence-electron chi connectivity index (χ3n) is 13.4. The Hall–Kier alpha value is -6.55. The van der Waals surface area contributed by atoms with Gasteiger partial charge in [-0.1, -0.05) is 80.6 Å². The molecule has 0 N–H and O–H groups in total. The Balaban J connectivity index is 0.981. The van der Waals surface area contributed by atoms with E-state index in [2.05, 4.69) is 225 Å². The molecule has 4 aromatic heterocycles. The van der Waals surface area contributed by atoms with Gasteiger partial charge in [0.05, 0.1) is 0 Å². The van der Waals surface area contributed by atoms with Crippen LogP contribution in [0.4, 0.5) is 0 Å². The first-order chi connectivity index (χ1) is 31.5. The molecule has 4 bridgehead atoms. The van der Waals surface area contributed by atoms with E-state index in [0.29, 0.717) is 11.5 Å². The van der Waals surface area contributed by atoms with Crippen LogP contribution in [0.15, 0.2) is 164 Å². The first-order valence-corrected chi connectivity index (χ1v) is 23.7. The Bertz CT molecular complexity index is 3500. The predicted molar refractivity (Wildman–Crippen MR) is 260 cm³/mol. The van der Waals surface area contributed by atoms with Crippen LogP contribution in [-0.4, -0.2) is 18.5 Å². The molecule has 0 unspecified atom stereocenters. The van der Waals surface area contributed by atoms with Crippen LogP contribution in [0.3, 0.4) is 0 Å². The van der Waals surface area contributed by atoms with E-state index in [-0.39, 0.29) is 10.8 Å². The van der Waals surface area contributed by atoms with Crippen LogP contribution in [0.1, 0.15) is 73.7 Å². The monoisotopic (exact) mass is 1030 g/mol. The van der Waals surface area contributed by atoms with Crippen molar-refractivity contribution in [2.75, 3.05) is 0 Å². The molecule has 4 aliphatic rings. The average molecular weight is 1030 g/mol. The van der Waals surface area contributed by atoms with Crippen molar-refractivity contribution in [1.29, 1.82) is 0 Å². The zero-order chi connectivity index (χ0) is 44.5. The molecule has 0 radical (unpaired) electrons. The number of ether oxygens (including phenoxy) is 1. The van der Waals surface area contributed by atoms with Gasteiger partial charge in [0.1, 0.15) is 0 Å². The third-order valence-corrected chi connectivity index (χ3v) is 14.5. The molecule has 6 heterocycles. The van der Waals surface area contributed by atoms with Crippen LogP contribution >= 0.6 is 0 Å². The number of imidazole rings is 1. The summed E-state index contributed by atoms with van der Waals surface area (Å²) in [6, 6.07) is 61.8. The molecule has 0 fully saturated rings. The normalized spacial score (nSPS) is 13.2. The second-order valence-electron chi connectivity index (χ2n) is 19.0. The Labute approximate surface area is 392 Å². The molecular formula is C59H50N4OPt-2. The van der Waals surface area contributed by atoms with Gasteiger partial charge in [-0.25, -0.2) is 0 Å². The molecule has 14 rings (SSSR count). The number of benzene rings is 6. The minimum absolute atomic E-state index is 0.0987. The number of pyridine rings is 2. The van der Waals surface area contributed by atoms with Crippen molar-refractivity contribution in [1.82, 2.24) is 18.5 Å². The molecule has 0 amide bonds.